The summed E-state index contributed by atoms with van der Waals surface area (Å²) in [4.78, 5) is 21.3. The Morgan fingerprint density at radius 3 is 2.66 bits per heavy atom. The molecule has 2 aromatic heterocycles. The highest BCUT2D eigenvalue weighted by Crippen LogP contribution is 2.39. The second-order valence-corrected chi connectivity index (χ2v) is 7.01. The van der Waals surface area contributed by atoms with Gasteiger partial charge >= 0.3 is 5.97 Å². The maximum Gasteiger partial charge on any atom is 0.357 e. The fourth-order valence-corrected chi connectivity index (χ4v) is 3.77. The van der Waals surface area contributed by atoms with E-state index in [4.69, 9.17) is 14.2 Å². The molecule has 2 aromatic carbocycles. The molecule has 0 aliphatic rings. The van der Waals surface area contributed by atoms with E-state index in [9.17, 15) is 4.79 Å². The van der Waals surface area contributed by atoms with E-state index in [1.165, 1.54) is 11.3 Å². The Labute approximate surface area is 171 Å². The van der Waals surface area contributed by atoms with E-state index in [1.807, 2.05) is 53.9 Å². The third kappa shape index (κ3) is 3.90. The van der Waals surface area contributed by atoms with Gasteiger partial charge in [-0.3, -0.25) is 0 Å². The van der Waals surface area contributed by atoms with Crippen molar-refractivity contribution in [1.82, 2.24) is 9.97 Å². The number of carbonyl (C=O) groups is 1. The number of esters is 1. The van der Waals surface area contributed by atoms with Crippen LogP contribution in [0.4, 0.5) is 0 Å². The van der Waals surface area contributed by atoms with Crippen molar-refractivity contribution in [2.24, 2.45) is 0 Å². The summed E-state index contributed by atoms with van der Waals surface area (Å²) in [7, 11) is 3.18. The van der Waals surface area contributed by atoms with Gasteiger partial charge in [-0.05, 0) is 24.3 Å². The number of rotatable bonds is 6. The van der Waals surface area contributed by atoms with Crippen LogP contribution in [0.2, 0.25) is 0 Å². The first-order valence-electron chi connectivity index (χ1n) is 8.88. The SMILES string of the molecule is COc1cccc(-c2nc(COC(=O)c3ccc4ccccc4n3)cs2)c1OC. The second kappa shape index (κ2) is 8.28. The molecule has 146 valence electrons. The molecule has 0 saturated carbocycles. The molecule has 4 rings (SSSR count). The lowest BCUT2D eigenvalue weighted by molar-refractivity contribution is 0.0462. The minimum absolute atomic E-state index is 0.0656. The van der Waals surface area contributed by atoms with Crippen molar-refractivity contribution in [3.8, 4) is 22.1 Å². The van der Waals surface area contributed by atoms with E-state index in [0.29, 0.717) is 17.2 Å². The van der Waals surface area contributed by atoms with E-state index >= 15 is 0 Å². The first-order valence-corrected chi connectivity index (χ1v) is 9.76. The van der Waals surface area contributed by atoms with E-state index in [0.717, 1.165) is 21.5 Å². The number of hydrogen-bond donors (Lipinski definition) is 0. The minimum atomic E-state index is -0.482. The Morgan fingerprint density at radius 1 is 0.966 bits per heavy atom. The lowest BCUT2D eigenvalue weighted by Gasteiger charge is -2.10. The summed E-state index contributed by atoms with van der Waals surface area (Å²) in [6.07, 6.45) is 0. The van der Waals surface area contributed by atoms with Crippen LogP contribution in [0.15, 0.2) is 60.0 Å². The number of aromatic nitrogens is 2. The molecular weight excluding hydrogens is 388 g/mol. The van der Waals surface area contributed by atoms with Crippen LogP contribution < -0.4 is 9.47 Å². The third-order valence-electron chi connectivity index (χ3n) is 4.34. The topological polar surface area (TPSA) is 70.5 Å². The fourth-order valence-electron chi connectivity index (χ4n) is 2.95. The molecule has 29 heavy (non-hydrogen) atoms. The van der Waals surface area contributed by atoms with Crippen LogP contribution >= 0.6 is 11.3 Å². The van der Waals surface area contributed by atoms with Gasteiger partial charge in [0, 0.05) is 10.8 Å². The van der Waals surface area contributed by atoms with Crippen molar-refractivity contribution in [3.05, 3.63) is 71.4 Å². The Morgan fingerprint density at radius 2 is 1.83 bits per heavy atom. The number of thiazole rings is 1. The Hall–Kier alpha value is -3.45. The molecular formula is C22H18N2O4S. The number of benzene rings is 2. The van der Waals surface area contributed by atoms with Crippen LogP contribution in [0, 0.1) is 0 Å². The molecule has 4 aromatic rings. The van der Waals surface area contributed by atoms with Gasteiger partial charge in [-0.15, -0.1) is 11.3 Å². The predicted octanol–water partition coefficient (Wildman–Crippen LogP) is 4.73. The van der Waals surface area contributed by atoms with Crippen molar-refractivity contribution >= 4 is 28.2 Å². The van der Waals surface area contributed by atoms with Gasteiger partial charge in [0.15, 0.2) is 11.5 Å². The van der Waals surface area contributed by atoms with E-state index in [2.05, 4.69) is 9.97 Å². The van der Waals surface area contributed by atoms with Gasteiger partial charge in [-0.2, -0.15) is 0 Å². The normalized spacial score (nSPS) is 10.7. The minimum Gasteiger partial charge on any atom is -0.493 e. The molecule has 0 radical (unpaired) electrons. The third-order valence-corrected chi connectivity index (χ3v) is 5.27. The van der Waals surface area contributed by atoms with Crippen molar-refractivity contribution in [2.75, 3.05) is 14.2 Å². The summed E-state index contributed by atoms with van der Waals surface area (Å²) >= 11 is 1.45. The molecule has 2 heterocycles. The average Bonchev–Trinajstić information content (AvgIpc) is 3.25. The standard InChI is InChI=1S/C22H18N2O4S/c1-26-19-9-5-7-16(20(19)27-2)21-23-15(13-29-21)12-28-22(25)18-11-10-14-6-3-4-8-17(14)24-18/h3-11,13H,12H2,1-2H3. The zero-order valence-corrected chi connectivity index (χ0v) is 16.7. The molecule has 0 unspecified atom stereocenters. The molecule has 0 N–H and O–H groups in total. The lowest BCUT2D eigenvalue weighted by Crippen LogP contribution is -2.07. The van der Waals surface area contributed by atoms with Crippen molar-refractivity contribution in [3.63, 3.8) is 0 Å². The van der Waals surface area contributed by atoms with E-state index in [1.54, 1.807) is 20.3 Å². The smallest absolute Gasteiger partial charge is 0.357 e. The molecule has 0 fully saturated rings. The molecule has 0 spiro atoms. The lowest BCUT2D eigenvalue weighted by atomic mass is 10.2. The number of para-hydroxylation sites is 2. The predicted molar refractivity (Wildman–Crippen MR) is 112 cm³/mol. The van der Waals surface area contributed by atoms with Crippen molar-refractivity contribution in [2.45, 2.75) is 6.61 Å². The van der Waals surface area contributed by atoms with Gasteiger partial charge < -0.3 is 14.2 Å². The molecule has 0 aliphatic heterocycles. The van der Waals surface area contributed by atoms with Crippen LogP contribution in [0.3, 0.4) is 0 Å². The van der Waals surface area contributed by atoms with Gasteiger partial charge in [0.25, 0.3) is 0 Å². The van der Waals surface area contributed by atoms with Gasteiger partial charge in [-0.25, -0.2) is 14.8 Å². The van der Waals surface area contributed by atoms with Crippen LogP contribution in [0.25, 0.3) is 21.5 Å². The molecule has 0 bridgehead atoms. The summed E-state index contributed by atoms with van der Waals surface area (Å²) in [5.41, 5.74) is 2.51. The van der Waals surface area contributed by atoms with Crippen LogP contribution in [-0.2, 0) is 11.3 Å². The Kier molecular flexibility index (Phi) is 5.39. The fraction of sp³-hybridized carbons (Fsp3) is 0.136. The van der Waals surface area contributed by atoms with Crippen LogP contribution in [0.5, 0.6) is 11.5 Å². The van der Waals surface area contributed by atoms with Gasteiger partial charge in [0.05, 0.1) is 31.0 Å². The number of hydrogen-bond acceptors (Lipinski definition) is 7. The highest BCUT2D eigenvalue weighted by molar-refractivity contribution is 7.13. The van der Waals surface area contributed by atoms with E-state index in [-0.39, 0.29) is 12.3 Å². The van der Waals surface area contributed by atoms with Crippen LogP contribution in [-0.4, -0.2) is 30.2 Å². The van der Waals surface area contributed by atoms with Gasteiger partial charge in [0.1, 0.15) is 17.3 Å². The molecule has 0 amide bonds. The largest absolute Gasteiger partial charge is 0.493 e. The summed E-state index contributed by atoms with van der Waals surface area (Å²) in [6.45, 7) is 0.0656. The molecule has 0 atom stereocenters. The zero-order chi connectivity index (χ0) is 20.2. The highest BCUT2D eigenvalue weighted by atomic mass is 32.1. The number of pyridine rings is 1. The summed E-state index contributed by atoms with van der Waals surface area (Å²) in [6, 6.07) is 16.8. The second-order valence-electron chi connectivity index (χ2n) is 6.15. The molecule has 0 saturated heterocycles. The van der Waals surface area contributed by atoms with Gasteiger partial charge in [-0.1, -0.05) is 30.3 Å². The average molecular weight is 406 g/mol. The Bertz CT molecular complexity index is 1170. The first kappa shape index (κ1) is 18.9. The summed E-state index contributed by atoms with van der Waals surface area (Å²) in [5.74, 6) is 0.771. The van der Waals surface area contributed by atoms with Gasteiger partial charge in [0.2, 0.25) is 0 Å². The Balaban J connectivity index is 1.49. The maximum atomic E-state index is 12.4. The summed E-state index contributed by atoms with van der Waals surface area (Å²) in [5, 5.41) is 3.59. The number of ether oxygens (including phenoxy) is 3. The monoisotopic (exact) mass is 406 g/mol. The highest BCUT2D eigenvalue weighted by Gasteiger charge is 2.16. The maximum absolute atomic E-state index is 12.4. The summed E-state index contributed by atoms with van der Waals surface area (Å²) < 4.78 is 16.2. The number of fused-ring (bicyclic) bond motifs is 1. The number of methoxy groups -OCH3 is 2. The van der Waals surface area contributed by atoms with Crippen LogP contribution in [0.1, 0.15) is 16.2 Å². The number of carbonyl (C=O) groups excluding carboxylic acids is 1. The zero-order valence-electron chi connectivity index (χ0n) is 15.9. The first-order chi connectivity index (χ1) is 14.2. The molecule has 7 heteroatoms. The molecule has 0 aliphatic carbocycles. The van der Waals surface area contributed by atoms with Crippen molar-refractivity contribution < 1.29 is 19.0 Å². The van der Waals surface area contributed by atoms with E-state index < -0.39 is 5.97 Å². The van der Waals surface area contributed by atoms with Crippen molar-refractivity contribution in [1.29, 1.82) is 0 Å². The quantitative estimate of drug-likeness (QED) is 0.431. The molecule has 6 nitrogen and oxygen atoms in total. The number of nitrogens with zero attached hydrogens (tertiary/aromatic N) is 2.